The number of benzene rings is 2. The van der Waals surface area contributed by atoms with Gasteiger partial charge in [-0.1, -0.05) is 24.3 Å². The van der Waals surface area contributed by atoms with Crippen molar-refractivity contribution in [3.8, 4) is 0 Å². The molecule has 2 rings (SSSR count). The molecule has 22 heavy (non-hydrogen) atoms. The minimum atomic E-state index is -3.57. The maximum Gasteiger partial charge on any atom is 0.218 e. The zero-order chi connectivity index (χ0) is 16.3. The number of hydrogen-bond donors (Lipinski definition) is 0. The zero-order valence-corrected chi connectivity index (χ0v) is 13.1. The van der Waals surface area contributed by atoms with Gasteiger partial charge in [0.2, 0.25) is 10.0 Å². The van der Waals surface area contributed by atoms with E-state index < -0.39 is 21.9 Å². The average molecular weight is 325 g/mol. The van der Waals surface area contributed by atoms with Crippen molar-refractivity contribution in [2.24, 2.45) is 0 Å². The largest absolute Gasteiger partial charge is 0.218 e. The summed E-state index contributed by atoms with van der Waals surface area (Å²) in [6, 6.07) is 10.6. The third kappa shape index (κ3) is 3.90. The molecule has 0 fully saturated rings. The van der Waals surface area contributed by atoms with E-state index in [1.165, 1.54) is 47.8 Å². The molecule has 3 nitrogen and oxygen atoms in total. The van der Waals surface area contributed by atoms with Crippen LogP contribution in [0.2, 0.25) is 0 Å². The van der Waals surface area contributed by atoms with Gasteiger partial charge in [0.25, 0.3) is 0 Å². The first-order valence-electron chi connectivity index (χ1n) is 6.75. The molecule has 0 aliphatic rings. The van der Waals surface area contributed by atoms with E-state index in [2.05, 4.69) is 0 Å². The number of rotatable bonds is 5. The van der Waals surface area contributed by atoms with E-state index in [0.717, 1.165) is 0 Å². The Balaban J connectivity index is 2.17. The highest BCUT2D eigenvalue weighted by atomic mass is 32.2. The van der Waals surface area contributed by atoms with Crippen LogP contribution in [0, 0.1) is 11.6 Å². The molecule has 2 aromatic carbocycles. The van der Waals surface area contributed by atoms with Crippen LogP contribution in [0.1, 0.15) is 24.1 Å². The third-order valence-electron chi connectivity index (χ3n) is 3.60. The van der Waals surface area contributed by atoms with E-state index in [0.29, 0.717) is 11.1 Å². The Morgan fingerprint density at radius 2 is 1.41 bits per heavy atom. The van der Waals surface area contributed by atoms with Crippen molar-refractivity contribution in [2.75, 3.05) is 7.05 Å². The van der Waals surface area contributed by atoms with Crippen LogP contribution in [0.3, 0.4) is 0 Å². The Hall–Kier alpha value is -1.79. The highest BCUT2D eigenvalue weighted by Gasteiger charge is 2.24. The van der Waals surface area contributed by atoms with Crippen molar-refractivity contribution < 1.29 is 17.2 Å². The van der Waals surface area contributed by atoms with Gasteiger partial charge in [0.15, 0.2) is 0 Å². The van der Waals surface area contributed by atoms with E-state index in [1.807, 2.05) is 0 Å². The predicted molar refractivity (Wildman–Crippen MR) is 81.6 cm³/mol. The Kier molecular flexibility index (Phi) is 4.93. The number of hydrogen-bond acceptors (Lipinski definition) is 2. The van der Waals surface area contributed by atoms with E-state index >= 15 is 0 Å². The van der Waals surface area contributed by atoms with Crippen molar-refractivity contribution in [1.82, 2.24) is 4.31 Å². The van der Waals surface area contributed by atoms with Crippen LogP contribution >= 0.6 is 0 Å². The first-order valence-corrected chi connectivity index (χ1v) is 8.36. The van der Waals surface area contributed by atoms with Gasteiger partial charge in [-0.05, 0) is 42.3 Å². The van der Waals surface area contributed by atoms with Gasteiger partial charge in [-0.25, -0.2) is 17.2 Å². The fourth-order valence-electron chi connectivity index (χ4n) is 2.09. The molecule has 0 heterocycles. The molecule has 6 heteroatoms. The molecule has 0 aliphatic heterocycles. The van der Waals surface area contributed by atoms with Crippen molar-refractivity contribution in [3.63, 3.8) is 0 Å². The molecule has 0 radical (unpaired) electrons. The van der Waals surface area contributed by atoms with Crippen LogP contribution in [-0.2, 0) is 15.8 Å². The summed E-state index contributed by atoms with van der Waals surface area (Å²) in [5.74, 6) is -0.989. The summed E-state index contributed by atoms with van der Waals surface area (Å²) in [5, 5.41) is 0. The van der Waals surface area contributed by atoms with Gasteiger partial charge in [0, 0.05) is 13.1 Å². The molecule has 0 aliphatic carbocycles. The number of sulfonamides is 1. The summed E-state index contributed by atoms with van der Waals surface area (Å²) in [7, 11) is -2.09. The number of halogens is 2. The van der Waals surface area contributed by atoms with Crippen molar-refractivity contribution in [1.29, 1.82) is 0 Å². The Labute approximate surface area is 129 Å². The summed E-state index contributed by atoms with van der Waals surface area (Å²) < 4.78 is 51.9. The normalized spacial score (nSPS) is 13.3. The predicted octanol–water partition coefficient (Wildman–Crippen LogP) is 3.49. The van der Waals surface area contributed by atoms with Crippen molar-refractivity contribution in [3.05, 3.63) is 71.3 Å². The quantitative estimate of drug-likeness (QED) is 0.844. The molecule has 0 amide bonds. The minimum Gasteiger partial charge on any atom is -0.212 e. The van der Waals surface area contributed by atoms with Gasteiger partial charge >= 0.3 is 0 Å². The van der Waals surface area contributed by atoms with Gasteiger partial charge in [0.1, 0.15) is 11.6 Å². The van der Waals surface area contributed by atoms with Gasteiger partial charge < -0.3 is 0 Å². The summed E-state index contributed by atoms with van der Waals surface area (Å²) in [5.41, 5.74) is 1.21. The molecule has 0 bridgehead atoms. The lowest BCUT2D eigenvalue weighted by molar-refractivity contribution is 0.397. The first-order chi connectivity index (χ1) is 10.3. The smallest absolute Gasteiger partial charge is 0.212 e. The fraction of sp³-hybridized carbons (Fsp3) is 0.250. The molecular weight excluding hydrogens is 308 g/mol. The second-order valence-electron chi connectivity index (χ2n) is 5.13. The highest BCUT2D eigenvalue weighted by Crippen LogP contribution is 2.23. The average Bonchev–Trinajstić information content (AvgIpc) is 2.48. The summed E-state index contributed by atoms with van der Waals surface area (Å²) in [6.07, 6.45) is 0. The molecule has 0 aromatic heterocycles. The molecule has 0 spiro atoms. The van der Waals surface area contributed by atoms with Gasteiger partial charge in [0.05, 0.1) is 5.75 Å². The van der Waals surface area contributed by atoms with Crippen molar-refractivity contribution in [2.45, 2.75) is 18.7 Å². The molecule has 118 valence electrons. The van der Waals surface area contributed by atoms with E-state index in [4.69, 9.17) is 0 Å². The fourth-order valence-corrected chi connectivity index (χ4v) is 3.51. The molecule has 0 saturated heterocycles. The molecule has 0 N–H and O–H groups in total. The van der Waals surface area contributed by atoms with Gasteiger partial charge in [-0.2, -0.15) is 4.31 Å². The lowest BCUT2D eigenvalue weighted by Gasteiger charge is -2.24. The maximum absolute atomic E-state index is 12.9. The molecular formula is C16H17F2NO2S. The van der Waals surface area contributed by atoms with Gasteiger partial charge in [-0.3, -0.25) is 0 Å². The maximum atomic E-state index is 12.9. The lowest BCUT2D eigenvalue weighted by Crippen LogP contribution is -2.30. The first kappa shape index (κ1) is 16.6. The van der Waals surface area contributed by atoms with E-state index in [-0.39, 0.29) is 11.6 Å². The molecule has 1 atom stereocenters. The van der Waals surface area contributed by atoms with Crippen LogP contribution in [-0.4, -0.2) is 19.8 Å². The van der Waals surface area contributed by atoms with Crippen molar-refractivity contribution >= 4 is 10.0 Å². The molecule has 1 unspecified atom stereocenters. The SMILES string of the molecule is CC(c1ccc(F)cc1)N(C)S(=O)(=O)Cc1ccc(F)cc1. The Morgan fingerprint density at radius 3 is 1.91 bits per heavy atom. The zero-order valence-electron chi connectivity index (χ0n) is 12.3. The van der Waals surface area contributed by atoms with Crippen LogP contribution < -0.4 is 0 Å². The second-order valence-corrected chi connectivity index (χ2v) is 7.15. The topological polar surface area (TPSA) is 37.4 Å². The second kappa shape index (κ2) is 6.54. The van der Waals surface area contributed by atoms with E-state index in [9.17, 15) is 17.2 Å². The van der Waals surface area contributed by atoms with Crippen LogP contribution in [0.25, 0.3) is 0 Å². The minimum absolute atomic E-state index is 0.213. The van der Waals surface area contributed by atoms with Crippen LogP contribution in [0.15, 0.2) is 48.5 Å². The number of nitrogens with zero attached hydrogens (tertiary/aromatic N) is 1. The van der Waals surface area contributed by atoms with Gasteiger partial charge in [-0.15, -0.1) is 0 Å². The monoisotopic (exact) mass is 325 g/mol. The van der Waals surface area contributed by atoms with Crippen LogP contribution in [0.5, 0.6) is 0 Å². The molecule has 0 saturated carbocycles. The Morgan fingerprint density at radius 1 is 0.955 bits per heavy atom. The standard InChI is InChI=1S/C16H17F2NO2S/c1-12(14-5-9-16(18)10-6-14)19(2)22(20,21)11-13-3-7-15(17)8-4-13/h3-10,12H,11H2,1-2H3. The van der Waals surface area contributed by atoms with Crippen LogP contribution in [0.4, 0.5) is 8.78 Å². The molecule has 2 aromatic rings. The summed E-state index contributed by atoms with van der Waals surface area (Å²) in [4.78, 5) is 0. The Bertz CT molecular complexity index is 728. The van der Waals surface area contributed by atoms with E-state index in [1.54, 1.807) is 19.1 Å². The third-order valence-corrected chi connectivity index (χ3v) is 5.49. The summed E-state index contributed by atoms with van der Waals surface area (Å²) in [6.45, 7) is 1.73. The summed E-state index contributed by atoms with van der Waals surface area (Å²) >= 11 is 0. The lowest BCUT2D eigenvalue weighted by atomic mass is 10.1. The highest BCUT2D eigenvalue weighted by molar-refractivity contribution is 7.88.